The Labute approximate surface area is 116 Å². The largest absolute Gasteiger partial charge is 0.389 e. The van der Waals surface area contributed by atoms with Crippen LogP contribution in [-0.2, 0) is 4.79 Å². The highest BCUT2D eigenvalue weighted by Gasteiger charge is 2.31. The van der Waals surface area contributed by atoms with Crippen molar-refractivity contribution in [3.05, 3.63) is 0 Å². The van der Waals surface area contributed by atoms with Crippen LogP contribution in [0.15, 0.2) is 0 Å². The van der Waals surface area contributed by atoms with Crippen LogP contribution in [0.1, 0.15) is 51.9 Å². The minimum absolute atomic E-state index is 0.187. The second-order valence-corrected chi connectivity index (χ2v) is 6.45. The maximum absolute atomic E-state index is 12.0. The molecule has 4 heteroatoms. The second-order valence-electron chi connectivity index (χ2n) is 6.45. The van der Waals surface area contributed by atoms with Crippen molar-refractivity contribution in [3.8, 4) is 0 Å². The van der Waals surface area contributed by atoms with Gasteiger partial charge in [0.25, 0.3) is 0 Å². The van der Waals surface area contributed by atoms with Gasteiger partial charge in [0.1, 0.15) is 0 Å². The highest BCUT2D eigenvalue weighted by molar-refractivity contribution is 5.78. The molecule has 1 saturated carbocycles. The summed E-state index contributed by atoms with van der Waals surface area (Å²) in [7, 11) is 0. The highest BCUT2D eigenvalue weighted by atomic mass is 16.3. The molecular weight excluding hydrogens is 240 g/mol. The molecule has 0 spiro atoms. The molecule has 1 aliphatic carbocycles. The van der Waals surface area contributed by atoms with E-state index in [1.54, 1.807) is 0 Å². The standard InChI is InChI=1S/C15H28N2O2/c1-13-5-7-15(19,8-6-13)12-16-11-14(18)17-9-3-2-4-10-17/h13,16,19H,2-12H2,1H3. The molecule has 1 aliphatic heterocycles. The van der Waals surface area contributed by atoms with Crippen molar-refractivity contribution < 1.29 is 9.90 Å². The Bertz CT molecular complexity index is 293. The molecular formula is C15H28N2O2. The summed E-state index contributed by atoms with van der Waals surface area (Å²) in [6.07, 6.45) is 7.42. The third-order valence-electron chi connectivity index (χ3n) is 4.64. The Balaban J connectivity index is 1.66. The predicted molar refractivity (Wildman–Crippen MR) is 75.9 cm³/mol. The predicted octanol–water partition coefficient (Wildman–Crippen LogP) is 1.53. The van der Waals surface area contributed by atoms with Crippen LogP contribution in [0.3, 0.4) is 0 Å². The van der Waals surface area contributed by atoms with E-state index in [2.05, 4.69) is 12.2 Å². The smallest absolute Gasteiger partial charge is 0.236 e. The molecule has 2 fully saturated rings. The van der Waals surface area contributed by atoms with Crippen LogP contribution in [0.2, 0.25) is 0 Å². The van der Waals surface area contributed by atoms with Crippen molar-refractivity contribution >= 4 is 5.91 Å². The molecule has 0 unspecified atom stereocenters. The van der Waals surface area contributed by atoms with Crippen molar-refractivity contribution in [2.24, 2.45) is 5.92 Å². The Hall–Kier alpha value is -0.610. The maximum atomic E-state index is 12.0. The van der Waals surface area contributed by atoms with Gasteiger partial charge in [0.2, 0.25) is 5.91 Å². The van der Waals surface area contributed by atoms with Crippen LogP contribution in [0.5, 0.6) is 0 Å². The lowest BCUT2D eigenvalue weighted by Gasteiger charge is -2.35. The summed E-state index contributed by atoms with van der Waals surface area (Å²) in [5.41, 5.74) is -0.589. The molecule has 1 heterocycles. The molecule has 2 aliphatic rings. The number of likely N-dealkylation sites (tertiary alicyclic amines) is 1. The molecule has 1 saturated heterocycles. The normalized spacial score (nSPS) is 32.3. The number of amides is 1. The number of nitrogens with zero attached hydrogens (tertiary/aromatic N) is 1. The summed E-state index contributed by atoms with van der Waals surface area (Å²) in [4.78, 5) is 13.9. The fourth-order valence-electron chi connectivity index (χ4n) is 3.13. The van der Waals surface area contributed by atoms with Gasteiger partial charge >= 0.3 is 0 Å². The zero-order chi connectivity index (χ0) is 13.7. The first-order chi connectivity index (χ1) is 9.09. The topological polar surface area (TPSA) is 52.6 Å². The molecule has 4 nitrogen and oxygen atoms in total. The van der Waals surface area contributed by atoms with Crippen molar-refractivity contribution in [1.29, 1.82) is 0 Å². The number of hydrogen-bond acceptors (Lipinski definition) is 3. The minimum Gasteiger partial charge on any atom is -0.389 e. The maximum Gasteiger partial charge on any atom is 0.236 e. The number of carbonyl (C=O) groups excluding carboxylic acids is 1. The first-order valence-corrected chi connectivity index (χ1v) is 7.80. The van der Waals surface area contributed by atoms with E-state index < -0.39 is 5.60 Å². The van der Waals surface area contributed by atoms with Crippen LogP contribution >= 0.6 is 0 Å². The third-order valence-corrected chi connectivity index (χ3v) is 4.64. The van der Waals surface area contributed by atoms with Gasteiger partial charge in [-0.05, 0) is 50.9 Å². The van der Waals surface area contributed by atoms with E-state index in [0.717, 1.165) is 57.5 Å². The Morgan fingerprint density at radius 3 is 2.53 bits per heavy atom. The lowest BCUT2D eigenvalue weighted by atomic mass is 9.79. The SMILES string of the molecule is CC1CCC(O)(CNCC(=O)N2CCCCC2)CC1. The average Bonchev–Trinajstić information content (AvgIpc) is 2.43. The van der Waals surface area contributed by atoms with E-state index in [9.17, 15) is 9.90 Å². The van der Waals surface area contributed by atoms with E-state index in [1.165, 1.54) is 6.42 Å². The van der Waals surface area contributed by atoms with E-state index >= 15 is 0 Å². The molecule has 19 heavy (non-hydrogen) atoms. The van der Waals surface area contributed by atoms with E-state index in [4.69, 9.17) is 0 Å². The molecule has 0 aromatic carbocycles. The van der Waals surface area contributed by atoms with Crippen molar-refractivity contribution in [3.63, 3.8) is 0 Å². The molecule has 0 bridgehead atoms. The van der Waals surface area contributed by atoms with Crippen molar-refractivity contribution in [2.45, 2.75) is 57.5 Å². The number of piperidine rings is 1. The Morgan fingerprint density at radius 2 is 1.89 bits per heavy atom. The Kier molecular flexibility index (Phi) is 5.22. The van der Waals surface area contributed by atoms with Crippen LogP contribution in [-0.4, -0.2) is 47.7 Å². The van der Waals surface area contributed by atoms with Crippen LogP contribution in [0.4, 0.5) is 0 Å². The van der Waals surface area contributed by atoms with Gasteiger partial charge in [-0.2, -0.15) is 0 Å². The van der Waals surface area contributed by atoms with Gasteiger partial charge in [-0.1, -0.05) is 6.92 Å². The average molecular weight is 268 g/mol. The molecule has 0 atom stereocenters. The van der Waals surface area contributed by atoms with Crippen LogP contribution < -0.4 is 5.32 Å². The number of carbonyl (C=O) groups is 1. The fourth-order valence-corrected chi connectivity index (χ4v) is 3.13. The van der Waals surface area contributed by atoms with Gasteiger partial charge in [-0.15, -0.1) is 0 Å². The molecule has 2 N–H and O–H groups in total. The summed E-state index contributed by atoms with van der Waals surface area (Å²) in [5, 5.41) is 13.6. The highest BCUT2D eigenvalue weighted by Crippen LogP contribution is 2.31. The second kappa shape index (κ2) is 6.71. The van der Waals surface area contributed by atoms with Crippen LogP contribution in [0, 0.1) is 5.92 Å². The summed E-state index contributed by atoms with van der Waals surface area (Å²) >= 11 is 0. The van der Waals surface area contributed by atoms with E-state index in [-0.39, 0.29) is 5.91 Å². The fraction of sp³-hybridized carbons (Fsp3) is 0.933. The van der Waals surface area contributed by atoms with Crippen molar-refractivity contribution in [1.82, 2.24) is 10.2 Å². The van der Waals surface area contributed by atoms with Gasteiger partial charge in [0, 0.05) is 19.6 Å². The van der Waals surface area contributed by atoms with Gasteiger partial charge < -0.3 is 15.3 Å². The van der Waals surface area contributed by atoms with Gasteiger partial charge in [-0.3, -0.25) is 4.79 Å². The molecule has 0 aromatic rings. The summed E-state index contributed by atoms with van der Waals surface area (Å²) in [6, 6.07) is 0. The first-order valence-electron chi connectivity index (χ1n) is 7.80. The van der Waals surface area contributed by atoms with Crippen molar-refractivity contribution in [2.75, 3.05) is 26.2 Å². The van der Waals surface area contributed by atoms with Gasteiger partial charge in [0.05, 0.1) is 12.1 Å². The van der Waals surface area contributed by atoms with Gasteiger partial charge in [-0.25, -0.2) is 0 Å². The monoisotopic (exact) mass is 268 g/mol. The summed E-state index contributed by atoms with van der Waals surface area (Å²) in [5.74, 6) is 0.919. The quantitative estimate of drug-likeness (QED) is 0.813. The lowest BCUT2D eigenvalue weighted by molar-refractivity contribution is -0.131. The lowest BCUT2D eigenvalue weighted by Crippen LogP contribution is -2.47. The zero-order valence-corrected chi connectivity index (χ0v) is 12.2. The first kappa shape index (κ1) is 14.8. The molecule has 2 rings (SSSR count). The Morgan fingerprint density at radius 1 is 1.26 bits per heavy atom. The molecule has 110 valence electrons. The zero-order valence-electron chi connectivity index (χ0n) is 12.2. The number of rotatable bonds is 4. The molecule has 0 radical (unpaired) electrons. The summed E-state index contributed by atoms with van der Waals surface area (Å²) < 4.78 is 0. The third kappa shape index (κ3) is 4.46. The van der Waals surface area contributed by atoms with E-state index in [1.807, 2.05) is 4.90 Å². The van der Waals surface area contributed by atoms with Crippen LogP contribution in [0.25, 0.3) is 0 Å². The number of nitrogens with one attached hydrogen (secondary N) is 1. The number of hydrogen-bond donors (Lipinski definition) is 2. The minimum atomic E-state index is -0.589. The summed E-state index contributed by atoms with van der Waals surface area (Å²) in [6.45, 7) is 4.98. The van der Waals surface area contributed by atoms with E-state index in [0.29, 0.717) is 13.1 Å². The van der Waals surface area contributed by atoms with Gasteiger partial charge in [0.15, 0.2) is 0 Å². The molecule has 0 aromatic heterocycles. The molecule has 1 amide bonds. The number of aliphatic hydroxyl groups is 1.